The van der Waals surface area contributed by atoms with Crippen LogP contribution in [0.25, 0.3) is 22.0 Å². The van der Waals surface area contributed by atoms with Crippen LogP contribution >= 0.6 is 0 Å². The van der Waals surface area contributed by atoms with Gasteiger partial charge in [0.05, 0.1) is 17.0 Å². The number of hydrogen-bond acceptors (Lipinski definition) is 4. The van der Waals surface area contributed by atoms with Gasteiger partial charge in [-0.15, -0.1) is 0 Å². The van der Waals surface area contributed by atoms with Crippen molar-refractivity contribution in [3.8, 4) is 16.9 Å². The number of carboxylic acids is 1. The van der Waals surface area contributed by atoms with Crippen molar-refractivity contribution in [1.29, 1.82) is 0 Å². The third-order valence-corrected chi connectivity index (χ3v) is 7.57. The van der Waals surface area contributed by atoms with Crippen molar-refractivity contribution in [3.05, 3.63) is 84.1 Å². The summed E-state index contributed by atoms with van der Waals surface area (Å²) in [5.41, 5.74) is 3.74. The molecule has 0 amide bonds. The Balaban J connectivity index is 1.88. The number of fused-ring (bicyclic) bond motifs is 1. The number of aryl methyl sites for hydroxylation is 2. The minimum Gasteiger partial charge on any atom is -0.494 e. The molecular formula is C27H27NO5S. The Morgan fingerprint density at radius 2 is 1.74 bits per heavy atom. The standard InChI is InChI=1S/C27H27NO5S/c1-3-19-9-11-20(12-10-19)23-7-5-6-8-26(23)34(31,32)28-18-21(13-16-27(29)30)24-17-22(33-4-2)14-15-25(24)28/h5-12,14-15,17-18H,3-4,13,16H2,1-2H3,(H,29,30). The van der Waals surface area contributed by atoms with Crippen molar-refractivity contribution >= 4 is 26.9 Å². The molecule has 0 aliphatic carbocycles. The lowest BCUT2D eigenvalue weighted by atomic mass is 10.0. The van der Waals surface area contributed by atoms with Crippen molar-refractivity contribution in [3.63, 3.8) is 0 Å². The van der Waals surface area contributed by atoms with Crippen molar-refractivity contribution in [2.24, 2.45) is 0 Å². The summed E-state index contributed by atoms with van der Waals surface area (Å²) in [4.78, 5) is 11.4. The van der Waals surface area contributed by atoms with Crippen LogP contribution in [0.3, 0.4) is 0 Å². The van der Waals surface area contributed by atoms with Gasteiger partial charge >= 0.3 is 5.97 Å². The molecule has 3 aromatic carbocycles. The van der Waals surface area contributed by atoms with Gasteiger partial charge in [-0.05, 0) is 60.7 Å². The third kappa shape index (κ3) is 4.56. The number of ether oxygens (including phenoxy) is 1. The Kier molecular flexibility index (Phi) is 6.75. The summed E-state index contributed by atoms with van der Waals surface area (Å²) in [6.07, 6.45) is 2.55. The highest BCUT2D eigenvalue weighted by Crippen LogP contribution is 2.34. The zero-order chi connectivity index (χ0) is 24.3. The quantitative estimate of drug-likeness (QED) is 0.343. The van der Waals surface area contributed by atoms with Gasteiger partial charge in [-0.3, -0.25) is 4.79 Å². The lowest BCUT2D eigenvalue weighted by Crippen LogP contribution is -2.13. The SMILES string of the molecule is CCOc1ccc2c(c1)c(CCC(=O)O)cn2S(=O)(=O)c1ccccc1-c1ccc(CC)cc1. The lowest BCUT2D eigenvalue weighted by Gasteiger charge is -2.13. The number of aliphatic carboxylic acids is 1. The maximum atomic E-state index is 13.9. The smallest absolute Gasteiger partial charge is 0.303 e. The molecule has 176 valence electrons. The number of hydrogen-bond donors (Lipinski definition) is 1. The van der Waals surface area contributed by atoms with Gasteiger partial charge < -0.3 is 9.84 Å². The van der Waals surface area contributed by atoms with Gasteiger partial charge in [0.2, 0.25) is 0 Å². The highest BCUT2D eigenvalue weighted by atomic mass is 32.2. The molecule has 0 radical (unpaired) electrons. The largest absolute Gasteiger partial charge is 0.494 e. The highest BCUT2D eigenvalue weighted by molar-refractivity contribution is 7.90. The molecule has 0 atom stereocenters. The number of aromatic nitrogens is 1. The van der Waals surface area contributed by atoms with Crippen LogP contribution in [-0.2, 0) is 27.7 Å². The summed E-state index contributed by atoms with van der Waals surface area (Å²) in [5, 5.41) is 9.85. The third-order valence-electron chi connectivity index (χ3n) is 5.84. The van der Waals surface area contributed by atoms with Crippen LogP contribution in [0.4, 0.5) is 0 Å². The molecule has 0 fully saturated rings. The molecule has 1 aromatic heterocycles. The highest BCUT2D eigenvalue weighted by Gasteiger charge is 2.25. The average Bonchev–Trinajstić information content (AvgIpc) is 3.22. The second-order valence-electron chi connectivity index (χ2n) is 8.01. The molecule has 4 aromatic rings. The number of benzene rings is 3. The van der Waals surface area contributed by atoms with E-state index >= 15 is 0 Å². The predicted octanol–water partition coefficient (Wildman–Crippen LogP) is 5.52. The number of carbonyl (C=O) groups is 1. The normalized spacial score (nSPS) is 11.6. The summed E-state index contributed by atoms with van der Waals surface area (Å²) in [6, 6.07) is 20.0. The van der Waals surface area contributed by atoms with Crippen LogP contribution in [0, 0.1) is 0 Å². The molecule has 0 bridgehead atoms. The Labute approximate surface area is 199 Å². The summed E-state index contributed by atoms with van der Waals surface area (Å²) in [7, 11) is -3.97. The van der Waals surface area contributed by atoms with Gasteiger partial charge in [0.25, 0.3) is 10.0 Å². The van der Waals surface area contributed by atoms with E-state index in [1.807, 2.05) is 37.3 Å². The van der Waals surface area contributed by atoms with Gasteiger partial charge in [-0.1, -0.05) is 49.4 Å². The monoisotopic (exact) mass is 477 g/mol. The lowest BCUT2D eigenvalue weighted by molar-refractivity contribution is -0.136. The average molecular weight is 478 g/mol. The van der Waals surface area contributed by atoms with Crippen molar-refractivity contribution in [2.75, 3.05) is 6.61 Å². The first-order valence-electron chi connectivity index (χ1n) is 11.3. The van der Waals surface area contributed by atoms with E-state index in [9.17, 15) is 18.3 Å². The number of nitrogens with zero attached hydrogens (tertiary/aromatic N) is 1. The molecule has 1 N–H and O–H groups in total. The van der Waals surface area contributed by atoms with Crippen LogP contribution in [0.1, 0.15) is 31.4 Å². The minimum absolute atomic E-state index is 0.0988. The first kappa shape index (κ1) is 23.6. The topological polar surface area (TPSA) is 85.6 Å². The molecule has 1 heterocycles. The fraction of sp³-hybridized carbons (Fsp3) is 0.222. The van der Waals surface area contributed by atoms with Crippen LogP contribution in [0.5, 0.6) is 5.75 Å². The zero-order valence-corrected chi connectivity index (χ0v) is 20.0. The van der Waals surface area contributed by atoms with Crippen LogP contribution in [-0.4, -0.2) is 30.1 Å². The van der Waals surface area contributed by atoms with Crippen molar-refractivity contribution in [1.82, 2.24) is 3.97 Å². The van der Waals surface area contributed by atoms with Crippen molar-refractivity contribution < 1.29 is 23.1 Å². The van der Waals surface area contributed by atoms with E-state index in [4.69, 9.17) is 4.74 Å². The van der Waals surface area contributed by atoms with Gasteiger partial charge in [-0.25, -0.2) is 12.4 Å². The summed E-state index contributed by atoms with van der Waals surface area (Å²) >= 11 is 0. The molecule has 7 heteroatoms. The Bertz CT molecular complexity index is 1440. The molecule has 0 aliphatic heterocycles. The maximum absolute atomic E-state index is 13.9. The summed E-state index contributed by atoms with van der Waals surface area (Å²) < 4.78 is 34.7. The van der Waals surface area contributed by atoms with Crippen LogP contribution < -0.4 is 4.74 Å². The van der Waals surface area contributed by atoms with E-state index in [0.29, 0.717) is 34.4 Å². The Morgan fingerprint density at radius 1 is 1.00 bits per heavy atom. The molecule has 0 saturated heterocycles. The van der Waals surface area contributed by atoms with Gasteiger partial charge in [0.15, 0.2) is 0 Å². The van der Waals surface area contributed by atoms with Gasteiger partial charge in [0, 0.05) is 23.6 Å². The fourth-order valence-electron chi connectivity index (χ4n) is 4.10. The molecule has 34 heavy (non-hydrogen) atoms. The second kappa shape index (κ2) is 9.73. The van der Waals surface area contributed by atoms with E-state index in [1.165, 1.54) is 15.7 Å². The molecule has 0 aliphatic rings. The van der Waals surface area contributed by atoms with Crippen molar-refractivity contribution in [2.45, 2.75) is 38.0 Å². The van der Waals surface area contributed by atoms with Gasteiger partial charge in [-0.2, -0.15) is 0 Å². The molecule has 0 saturated carbocycles. The van der Waals surface area contributed by atoms with Gasteiger partial charge in [0.1, 0.15) is 5.75 Å². The number of rotatable bonds is 9. The maximum Gasteiger partial charge on any atom is 0.303 e. The van der Waals surface area contributed by atoms with E-state index < -0.39 is 16.0 Å². The first-order valence-corrected chi connectivity index (χ1v) is 12.7. The Hall–Kier alpha value is -3.58. The van der Waals surface area contributed by atoms with E-state index in [1.54, 1.807) is 36.4 Å². The minimum atomic E-state index is -3.97. The molecular weight excluding hydrogens is 450 g/mol. The Morgan fingerprint density at radius 3 is 2.41 bits per heavy atom. The fourth-order valence-corrected chi connectivity index (χ4v) is 5.71. The molecule has 4 rings (SSSR count). The first-order chi connectivity index (χ1) is 16.3. The second-order valence-corrected chi connectivity index (χ2v) is 9.79. The zero-order valence-electron chi connectivity index (χ0n) is 19.2. The molecule has 0 spiro atoms. The van der Waals surface area contributed by atoms with E-state index in [-0.39, 0.29) is 17.7 Å². The summed E-state index contributed by atoms with van der Waals surface area (Å²) in [6.45, 7) is 4.41. The predicted molar refractivity (Wildman–Crippen MR) is 133 cm³/mol. The van der Waals surface area contributed by atoms with Crippen LogP contribution in [0.15, 0.2) is 77.8 Å². The molecule has 0 unspecified atom stereocenters. The van der Waals surface area contributed by atoms with E-state index in [2.05, 4.69) is 6.92 Å². The number of carboxylic acid groups (broad SMARTS) is 1. The molecule has 6 nitrogen and oxygen atoms in total. The van der Waals surface area contributed by atoms with E-state index in [0.717, 1.165) is 12.0 Å². The summed E-state index contributed by atoms with van der Waals surface area (Å²) in [5.74, 6) is -0.330. The van der Waals surface area contributed by atoms with Crippen LogP contribution in [0.2, 0.25) is 0 Å².